The van der Waals surface area contributed by atoms with Crippen LogP contribution in [0.25, 0.3) is 10.1 Å². The van der Waals surface area contributed by atoms with Gasteiger partial charge in [-0.05, 0) is 47.9 Å². The fraction of sp³-hybridized carbons (Fsp3) is 0.0625. The van der Waals surface area contributed by atoms with Gasteiger partial charge in [0.25, 0.3) is 0 Å². The molecule has 0 N–H and O–H groups in total. The van der Waals surface area contributed by atoms with Gasteiger partial charge in [0, 0.05) is 9.72 Å². The minimum Gasteiger partial charge on any atom is -0.496 e. The number of ketones is 1. The molecule has 3 rings (SSSR count). The number of ether oxygens (including phenoxy) is 1. The summed E-state index contributed by atoms with van der Waals surface area (Å²) in [6.07, 6.45) is 0. The van der Waals surface area contributed by atoms with Crippen LogP contribution in [-0.2, 0) is 0 Å². The first kappa shape index (κ1) is 14.0. The summed E-state index contributed by atoms with van der Waals surface area (Å²) in [7, 11) is 1.50. The highest BCUT2D eigenvalue weighted by atomic mass is 35.5. The molecule has 0 aliphatic carbocycles. The van der Waals surface area contributed by atoms with Crippen molar-refractivity contribution >= 4 is 38.8 Å². The number of hydrogen-bond acceptors (Lipinski definition) is 3. The average Bonchev–Trinajstić information content (AvgIpc) is 2.89. The van der Waals surface area contributed by atoms with Gasteiger partial charge in [-0.1, -0.05) is 11.6 Å². The molecule has 0 aliphatic rings. The Morgan fingerprint density at radius 2 is 2.00 bits per heavy atom. The van der Waals surface area contributed by atoms with Crippen LogP contribution in [0.1, 0.15) is 15.2 Å². The Labute approximate surface area is 129 Å². The molecule has 2 aromatic carbocycles. The molecule has 0 unspecified atom stereocenters. The van der Waals surface area contributed by atoms with Crippen molar-refractivity contribution in [1.29, 1.82) is 0 Å². The summed E-state index contributed by atoms with van der Waals surface area (Å²) < 4.78 is 19.3. The lowest BCUT2D eigenvalue weighted by Gasteiger charge is -2.06. The number of fused-ring (bicyclic) bond motifs is 1. The van der Waals surface area contributed by atoms with Crippen LogP contribution >= 0.6 is 22.9 Å². The summed E-state index contributed by atoms with van der Waals surface area (Å²) in [5.74, 6) is -0.0383. The van der Waals surface area contributed by atoms with E-state index in [1.54, 1.807) is 30.3 Å². The van der Waals surface area contributed by atoms with E-state index in [-0.39, 0.29) is 11.6 Å². The van der Waals surface area contributed by atoms with Gasteiger partial charge in [-0.15, -0.1) is 11.3 Å². The van der Waals surface area contributed by atoms with Crippen LogP contribution in [0.5, 0.6) is 5.75 Å². The standard InChI is InChI=1S/C16H10ClFO2S/c1-20-13-4-2-10(17)8-12(13)16(19)15-7-9-6-11(18)3-5-14(9)21-15/h2-8H,1H3. The van der Waals surface area contributed by atoms with Crippen molar-refractivity contribution < 1.29 is 13.9 Å². The lowest BCUT2D eigenvalue weighted by Crippen LogP contribution is -2.01. The molecule has 0 aliphatic heterocycles. The maximum absolute atomic E-state index is 13.2. The molecule has 5 heteroatoms. The van der Waals surface area contributed by atoms with Crippen LogP contribution in [0.3, 0.4) is 0 Å². The number of benzene rings is 2. The molecule has 0 saturated heterocycles. The van der Waals surface area contributed by atoms with E-state index < -0.39 is 0 Å². The number of hydrogen-bond donors (Lipinski definition) is 0. The summed E-state index contributed by atoms with van der Waals surface area (Å²) in [5, 5.41) is 1.18. The van der Waals surface area contributed by atoms with Crippen molar-refractivity contribution in [2.24, 2.45) is 0 Å². The summed E-state index contributed by atoms with van der Waals surface area (Å²) in [4.78, 5) is 13.1. The Morgan fingerprint density at radius 3 is 2.76 bits per heavy atom. The maximum Gasteiger partial charge on any atom is 0.206 e. The van der Waals surface area contributed by atoms with Crippen LogP contribution in [0, 0.1) is 5.82 Å². The molecule has 0 amide bonds. The monoisotopic (exact) mass is 320 g/mol. The van der Waals surface area contributed by atoms with Crippen molar-refractivity contribution in [3.63, 3.8) is 0 Å². The zero-order valence-electron chi connectivity index (χ0n) is 11.0. The van der Waals surface area contributed by atoms with Crippen molar-refractivity contribution in [2.45, 2.75) is 0 Å². The molecular formula is C16H10ClFO2S. The first-order chi connectivity index (χ1) is 10.1. The van der Waals surface area contributed by atoms with Crippen molar-refractivity contribution in [3.8, 4) is 5.75 Å². The average molecular weight is 321 g/mol. The van der Waals surface area contributed by atoms with Crippen LogP contribution in [-0.4, -0.2) is 12.9 Å². The molecule has 3 aromatic rings. The van der Waals surface area contributed by atoms with Gasteiger partial charge >= 0.3 is 0 Å². The van der Waals surface area contributed by atoms with E-state index in [0.29, 0.717) is 26.6 Å². The topological polar surface area (TPSA) is 26.3 Å². The third-order valence-electron chi connectivity index (χ3n) is 3.11. The predicted octanol–water partition coefficient (Wildman–Crippen LogP) is 4.93. The van der Waals surface area contributed by atoms with Crippen LogP contribution in [0.2, 0.25) is 5.02 Å². The molecule has 0 saturated carbocycles. The van der Waals surface area contributed by atoms with Crippen LogP contribution < -0.4 is 4.74 Å². The number of methoxy groups -OCH3 is 1. The highest BCUT2D eigenvalue weighted by Gasteiger charge is 2.17. The first-order valence-electron chi connectivity index (χ1n) is 6.16. The van der Waals surface area contributed by atoms with E-state index in [4.69, 9.17) is 16.3 Å². The predicted molar refractivity (Wildman–Crippen MR) is 83.2 cm³/mol. The molecule has 0 bridgehead atoms. The Bertz CT molecular complexity index is 841. The van der Waals surface area contributed by atoms with E-state index >= 15 is 0 Å². The smallest absolute Gasteiger partial charge is 0.206 e. The van der Waals surface area contributed by atoms with Gasteiger partial charge in [-0.25, -0.2) is 4.39 Å². The lowest BCUT2D eigenvalue weighted by atomic mass is 10.1. The largest absolute Gasteiger partial charge is 0.496 e. The molecule has 0 spiro atoms. The Morgan fingerprint density at radius 1 is 1.19 bits per heavy atom. The number of carbonyl (C=O) groups is 1. The van der Waals surface area contributed by atoms with Gasteiger partial charge in [-0.3, -0.25) is 4.79 Å². The van der Waals surface area contributed by atoms with Crippen molar-refractivity contribution in [3.05, 3.63) is 63.7 Å². The van der Waals surface area contributed by atoms with Gasteiger partial charge in [-0.2, -0.15) is 0 Å². The fourth-order valence-electron chi connectivity index (χ4n) is 2.12. The van der Waals surface area contributed by atoms with Gasteiger partial charge in [0.2, 0.25) is 5.78 Å². The zero-order valence-corrected chi connectivity index (χ0v) is 12.6. The van der Waals surface area contributed by atoms with E-state index in [2.05, 4.69) is 0 Å². The van der Waals surface area contributed by atoms with E-state index in [9.17, 15) is 9.18 Å². The normalized spacial score (nSPS) is 10.8. The van der Waals surface area contributed by atoms with E-state index in [0.717, 1.165) is 4.70 Å². The van der Waals surface area contributed by atoms with Gasteiger partial charge in [0.15, 0.2) is 0 Å². The quantitative estimate of drug-likeness (QED) is 0.639. The second-order valence-corrected chi connectivity index (χ2v) is 5.99. The zero-order chi connectivity index (χ0) is 15.0. The second kappa shape index (κ2) is 5.47. The van der Waals surface area contributed by atoms with Gasteiger partial charge in [0.1, 0.15) is 11.6 Å². The number of carbonyl (C=O) groups excluding carboxylic acids is 1. The molecule has 0 fully saturated rings. The van der Waals surface area contributed by atoms with E-state index in [1.165, 1.54) is 30.6 Å². The molecule has 0 radical (unpaired) electrons. The molecule has 0 atom stereocenters. The highest BCUT2D eigenvalue weighted by Crippen LogP contribution is 2.31. The maximum atomic E-state index is 13.2. The van der Waals surface area contributed by atoms with Crippen molar-refractivity contribution in [2.75, 3.05) is 7.11 Å². The third-order valence-corrected chi connectivity index (χ3v) is 4.46. The molecule has 106 valence electrons. The number of thiophene rings is 1. The molecule has 1 heterocycles. The Kier molecular flexibility index (Phi) is 3.66. The summed E-state index contributed by atoms with van der Waals surface area (Å²) in [6, 6.07) is 11.0. The molecule has 21 heavy (non-hydrogen) atoms. The summed E-state index contributed by atoms with van der Waals surface area (Å²) in [5.41, 5.74) is 0.400. The Balaban J connectivity index is 2.10. The van der Waals surface area contributed by atoms with Crippen LogP contribution in [0.15, 0.2) is 42.5 Å². The summed E-state index contributed by atoms with van der Waals surface area (Å²) in [6.45, 7) is 0. The van der Waals surface area contributed by atoms with Crippen LogP contribution in [0.4, 0.5) is 4.39 Å². The van der Waals surface area contributed by atoms with E-state index in [1.807, 2.05) is 0 Å². The minimum absolute atomic E-state index is 0.184. The van der Waals surface area contributed by atoms with Gasteiger partial charge in [0.05, 0.1) is 17.6 Å². The minimum atomic E-state index is -0.320. The number of halogens is 2. The molecule has 2 nitrogen and oxygen atoms in total. The number of rotatable bonds is 3. The Hall–Kier alpha value is -1.91. The fourth-order valence-corrected chi connectivity index (χ4v) is 3.29. The van der Waals surface area contributed by atoms with Crippen molar-refractivity contribution in [1.82, 2.24) is 0 Å². The SMILES string of the molecule is COc1ccc(Cl)cc1C(=O)c1cc2cc(F)ccc2s1. The highest BCUT2D eigenvalue weighted by molar-refractivity contribution is 7.21. The first-order valence-corrected chi connectivity index (χ1v) is 7.35. The lowest BCUT2D eigenvalue weighted by molar-refractivity contribution is 0.103. The van der Waals surface area contributed by atoms with Gasteiger partial charge < -0.3 is 4.74 Å². The second-order valence-electron chi connectivity index (χ2n) is 4.47. The third kappa shape index (κ3) is 2.64. The molecular weight excluding hydrogens is 311 g/mol. The molecule has 1 aromatic heterocycles. The summed E-state index contributed by atoms with van der Waals surface area (Å²) >= 11 is 7.27.